The summed E-state index contributed by atoms with van der Waals surface area (Å²) in [6.45, 7) is 2.12. The Labute approximate surface area is 71.4 Å². The van der Waals surface area contributed by atoms with Gasteiger partial charge in [-0.3, -0.25) is 9.59 Å². The first-order valence-electron chi connectivity index (χ1n) is 3.72. The SMILES string of the molecule is CC=CCCC(OC=O)C(N)=O. The molecule has 0 saturated carbocycles. The molecule has 4 heteroatoms. The van der Waals surface area contributed by atoms with Crippen molar-refractivity contribution in [1.29, 1.82) is 0 Å². The van der Waals surface area contributed by atoms with Gasteiger partial charge in [0.15, 0.2) is 6.10 Å². The van der Waals surface area contributed by atoms with E-state index in [0.29, 0.717) is 12.8 Å². The van der Waals surface area contributed by atoms with E-state index in [0.717, 1.165) is 0 Å². The first-order valence-corrected chi connectivity index (χ1v) is 3.72. The Hall–Kier alpha value is -1.32. The number of primary amides is 1. The summed E-state index contributed by atoms with van der Waals surface area (Å²) in [6.07, 6.45) is 4.07. The van der Waals surface area contributed by atoms with Gasteiger partial charge in [-0.2, -0.15) is 0 Å². The molecule has 0 aliphatic rings. The molecule has 4 nitrogen and oxygen atoms in total. The summed E-state index contributed by atoms with van der Waals surface area (Å²) in [4.78, 5) is 20.5. The number of hydrogen-bond acceptors (Lipinski definition) is 3. The molecule has 1 unspecified atom stereocenters. The Morgan fingerprint density at radius 1 is 1.67 bits per heavy atom. The molecular weight excluding hydrogens is 158 g/mol. The van der Waals surface area contributed by atoms with Gasteiger partial charge in [0.2, 0.25) is 0 Å². The van der Waals surface area contributed by atoms with E-state index in [2.05, 4.69) is 4.74 Å². The molecule has 1 atom stereocenters. The molecule has 0 rings (SSSR count). The first kappa shape index (κ1) is 10.7. The smallest absolute Gasteiger partial charge is 0.293 e. The molecule has 12 heavy (non-hydrogen) atoms. The van der Waals surface area contributed by atoms with Crippen molar-refractivity contribution in [1.82, 2.24) is 0 Å². The van der Waals surface area contributed by atoms with Crippen LogP contribution in [-0.2, 0) is 14.3 Å². The van der Waals surface area contributed by atoms with Crippen molar-refractivity contribution in [3.63, 3.8) is 0 Å². The van der Waals surface area contributed by atoms with Gasteiger partial charge in [-0.05, 0) is 19.8 Å². The number of nitrogens with two attached hydrogens (primary N) is 1. The highest BCUT2D eigenvalue weighted by Crippen LogP contribution is 2.01. The minimum Gasteiger partial charge on any atom is -0.454 e. The normalized spacial score (nSPS) is 12.8. The molecule has 0 aromatic carbocycles. The van der Waals surface area contributed by atoms with E-state index in [4.69, 9.17) is 5.73 Å². The fraction of sp³-hybridized carbons (Fsp3) is 0.500. The molecule has 0 heterocycles. The second kappa shape index (κ2) is 6.39. The number of hydrogen-bond donors (Lipinski definition) is 1. The number of carbonyl (C=O) groups is 2. The summed E-state index contributed by atoms with van der Waals surface area (Å²) in [5.74, 6) is -0.605. The summed E-state index contributed by atoms with van der Waals surface area (Å²) in [5, 5.41) is 0. The summed E-state index contributed by atoms with van der Waals surface area (Å²) in [6, 6.07) is 0. The monoisotopic (exact) mass is 171 g/mol. The molecule has 0 aromatic rings. The number of ether oxygens (including phenoxy) is 1. The maximum Gasteiger partial charge on any atom is 0.293 e. The molecule has 2 N–H and O–H groups in total. The standard InChI is InChI=1S/C8H13NO3/c1-2-3-4-5-7(8(9)11)12-6-10/h2-3,6-7H,4-5H2,1H3,(H2,9,11). The zero-order chi connectivity index (χ0) is 9.40. The van der Waals surface area contributed by atoms with Crippen LogP contribution in [0.15, 0.2) is 12.2 Å². The molecule has 0 saturated heterocycles. The minimum absolute atomic E-state index is 0.241. The van der Waals surface area contributed by atoms with Gasteiger partial charge < -0.3 is 10.5 Å². The van der Waals surface area contributed by atoms with Gasteiger partial charge in [0.1, 0.15) is 0 Å². The quantitative estimate of drug-likeness (QED) is 0.463. The molecule has 1 amide bonds. The highest BCUT2D eigenvalue weighted by atomic mass is 16.5. The zero-order valence-corrected chi connectivity index (χ0v) is 7.03. The third-order valence-electron chi connectivity index (χ3n) is 1.37. The molecule has 0 spiro atoms. The molecule has 0 radical (unpaired) electrons. The number of amides is 1. The lowest BCUT2D eigenvalue weighted by molar-refractivity contribution is -0.143. The van der Waals surface area contributed by atoms with Crippen LogP contribution in [0, 0.1) is 0 Å². The molecule has 0 bridgehead atoms. The minimum atomic E-state index is -0.793. The van der Waals surface area contributed by atoms with Crippen LogP contribution in [0.2, 0.25) is 0 Å². The summed E-state index contributed by atoms with van der Waals surface area (Å²) in [5.41, 5.74) is 4.96. The summed E-state index contributed by atoms with van der Waals surface area (Å²) >= 11 is 0. The highest BCUT2D eigenvalue weighted by Gasteiger charge is 2.14. The van der Waals surface area contributed by atoms with E-state index in [1.54, 1.807) is 0 Å². The fourth-order valence-electron chi connectivity index (χ4n) is 0.759. The van der Waals surface area contributed by atoms with Crippen LogP contribution in [0.1, 0.15) is 19.8 Å². The van der Waals surface area contributed by atoms with Gasteiger partial charge >= 0.3 is 0 Å². The van der Waals surface area contributed by atoms with Crippen LogP contribution in [0.4, 0.5) is 0 Å². The Morgan fingerprint density at radius 3 is 2.75 bits per heavy atom. The third-order valence-corrected chi connectivity index (χ3v) is 1.37. The summed E-state index contributed by atoms with van der Waals surface area (Å²) < 4.78 is 4.46. The second-order valence-electron chi connectivity index (χ2n) is 2.27. The molecule has 0 aromatic heterocycles. The lowest BCUT2D eigenvalue weighted by Gasteiger charge is -2.08. The second-order valence-corrected chi connectivity index (χ2v) is 2.27. The van der Waals surface area contributed by atoms with Gasteiger partial charge in [0.05, 0.1) is 0 Å². The highest BCUT2D eigenvalue weighted by molar-refractivity contribution is 5.79. The van der Waals surface area contributed by atoms with Gasteiger partial charge in [0, 0.05) is 0 Å². The van der Waals surface area contributed by atoms with Gasteiger partial charge in [-0.1, -0.05) is 12.2 Å². The lowest BCUT2D eigenvalue weighted by atomic mass is 10.2. The largest absolute Gasteiger partial charge is 0.454 e. The van der Waals surface area contributed by atoms with E-state index in [9.17, 15) is 9.59 Å². The molecular formula is C8H13NO3. The van der Waals surface area contributed by atoms with Crippen LogP contribution < -0.4 is 5.73 Å². The molecule has 68 valence electrons. The topological polar surface area (TPSA) is 69.4 Å². The van der Waals surface area contributed by atoms with Crippen LogP contribution in [0.25, 0.3) is 0 Å². The number of allylic oxidation sites excluding steroid dienone is 2. The van der Waals surface area contributed by atoms with Crippen molar-refractivity contribution in [2.75, 3.05) is 0 Å². The van der Waals surface area contributed by atoms with Crippen molar-refractivity contribution < 1.29 is 14.3 Å². The van der Waals surface area contributed by atoms with Crippen molar-refractivity contribution in [2.45, 2.75) is 25.9 Å². The third kappa shape index (κ3) is 4.49. The van der Waals surface area contributed by atoms with Crippen LogP contribution in [0.3, 0.4) is 0 Å². The predicted molar refractivity (Wildman–Crippen MR) is 44.2 cm³/mol. The average molecular weight is 171 g/mol. The average Bonchev–Trinajstić information content (AvgIpc) is 2.03. The lowest BCUT2D eigenvalue weighted by Crippen LogP contribution is -2.30. The Bertz CT molecular complexity index is 177. The molecule has 0 fully saturated rings. The van der Waals surface area contributed by atoms with Crippen molar-refractivity contribution in [3.8, 4) is 0 Å². The van der Waals surface area contributed by atoms with Crippen molar-refractivity contribution in [3.05, 3.63) is 12.2 Å². The van der Waals surface area contributed by atoms with E-state index in [1.807, 2.05) is 19.1 Å². The van der Waals surface area contributed by atoms with E-state index in [-0.39, 0.29) is 6.47 Å². The van der Waals surface area contributed by atoms with Gasteiger partial charge in [0.25, 0.3) is 12.4 Å². The molecule has 0 aliphatic heterocycles. The maximum atomic E-state index is 10.6. The number of rotatable bonds is 6. The van der Waals surface area contributed by atoms with E-state index in [1.165, 1.54) is 0 Å². The fourth-order valence-corrected chi connectivity index (χ4v) is 0.759. The van der Waals surface area contributed by atoms with Gasteiger partial charge in [-0.25, -0.2) is 0 Å². The first-order chi connectivity index (χ1) is 5.72. The van der Waals surface area contributed by atoms with E-state index >= 15 is 0 Å². The van der Waals surface area contributed by atoms with Crippen LogP contribution in [0.5, 0.6) is 0 Å². The summed E-state index contributed by atoms with van der Waals surface area (Å²) in [7, 11) is 0. The Morgan fingerprint density at radius 2 is 2.33 bits per heavy atom. The Kier molecular flexibility index (Phi) is 5.69. The van der Waals surface area contributed by atoms with E-state index < -0.39 is 12.0 Å². The maximum absolute atomic E-state index is 10.6. The Balaban J connectivity index is 3.78. The van der Waals surface area contributed by atoms with Crippen LogP contribution in [-0.4, -0.2) is 18.5 Å². The van der Waals surface area contributed by atoms with Gasteiger partial charge in [-0.15, -0.1) is 0 Å². The van der Waals surface area contributed by atoms with Crippen molar-refractivity contribution in [2.24, 2.45) is 5.73 Å². The number of carbonyl (C=O) groups excluding carboxylic acids is 2. The van der Waals surface area contributed by atoms with Crippen molar-refractivity contribution >= 4 is 12.4 Å². The molecule has 0 aliphatic carbocycles. The zero-order valence-electron chi connectivity index (χ0n) is 7.03. The van der Waals surface area contributed by atoms with Crippen LogP contribution >= 0.6 is 0 Å². The predicted octanol–water partition coefficient (Wildman–Crippen LogP) is 0.370.